The number of hydrogen-bond donors (Lipinski definition) is 3. The molecule has 0 radical (unpaired) electrons. The summed E-state index contributed by atoms with van der Waals surface area (Å²) in [6.07, 6.45) is 2.78. The Morgan fingerprint density at radius 2 is 2.17 bits per heavy atom. The lowest BCUT2D eigenvalue weighted by atomic mass is 10.0. The zero-order chi connectivity index (χ0) is 13.6. The van der Waals surface area contributed by atoms with Gasteiger partial charge in [-0.25, -0.2) is 4.98 Å². The molecule has 1 heterocycles. The van der Waals surface area contributed by atoms with Crippen LogP contribution in [-0.4, -0.2) is 53.0 Å². The predicted molar refractivity (Wildman–Crippen MR) is 71.8 cm³/mol. The van der Waals surface area contributed by atoms with E-state index >= 15 is 0 Å². The van der Waals surface area contributed by atoms with Gasteiger partial charge in [-0.15, -0.1) is 0 Å². The van der Waals surface area contributed by atoms with Crippen LogP contribution in [0.4, 0.5) is 11.8 Å². The van der Waals surface area contributed by atoms with Crippen molar-refractivity contribution >= 4 is 11.8 Å². The number of aromatic nitrogens is 2. The normalized spacial score (nSPS) is 14.1. The van der Waals surface area contributed by atoms with E-state index in [9.17, 15) is 5.11 Å². The predicted octanol–water partition coefficient (Wildman–Crippen LogP) is 0.478. The molecule has 0 aromatic carbocycles. The number of nitrogens with one attached hydrogen (secondary N) is 1. The highest BCUT2D eigenvalue weighted by Crippen LogP contribution is 2.13. The van der Waals surface area contributed by atoms with E-state index in [2.05, 4.69) is 15.3 Å². The van der Waals surface area contributed by atoms with E-state index in [1.54, 1.807) is 13.1 Å². The van der Waals surface area contributed by atoms with Crippen LogP contribution < -0.4 is 10.2 Å². The third-order valence-electron chi connectivity index (χ3n) is 2.60. The number of hydrogen-bond acceptors (Lipinski definition) is 6. The molecule has 18 heavy (non-hydrogen) atoms. The lowest BCUT2D eigenvalue weighted by Gasteiger charge is -2.23. The molecular formula is C12H22N4O2. The minimum atomic E-state index is -0.875. The van der Waals surface area contributed by atoms with Crippen molar-refractivity contribution in [1.29, 1.82) is 0 Å². The third kappa shape index (κ3) is 4.85. The third-order valence-corrected chi connectivity index (χ3v) is 2.60. The molecule has 0 fully saturated rings. The number of anilines is 2. The van der Waals surface area contributed by atoms with Crippen molar-refractivity contribution in [2.75, 3.05) is 37.5 Å². The molecule has 1 atom stereocenters. The summed E-state index contributed by atoms with van der Waals surface area (Å²) >= 11 is 0. The van der Waals surface area contributed by atoms with Crippen molar-refractivity contribution < 1.29 is 10.2 Å². The molecule has 1 unspecified atom stereocenters. The molecule has 0 saturated carbocycles. The van der Waals surface area contributed by atoms with Crippen LogP contribution >= 0.6 is 0 Å². The lowest BCUT2D eigenvalue weighted by molar-refractivity contribution is 0.0564. The maximum atomic E-state index is 10.0. The van der Waals surface area contributed by atoms with Crippen LogP contribution in [0.15, 0.2) is 12.3 Å². The highest BCUT2D eigenvalue weighted by Gasteiger charge is 2.19. The van der Waals surface area contributed by atoms with Crippen molar-refractivity contribution in [1.82, 2.24) is 9.97 Å². The van der Waals surface area contributed by atoms with E-state index in [0.717, 1.165) is 5.82 Å². The summed E-state index contributed by atoms with van der Waals surface area (Å²) in [6.45, 7) is 2.16. The quantitative estimate of drug-likeness (QED) is 0.656. The number of rotatable bonds is 7. The smallest absolute Gasteiger partial charge is 0.224 e. The zero-order valence-electron chi connectivity index (χ0n) is 11.2. The van der Waals surface area contributed by atoms with Gasteiger partial charge < -0.3 is 20.4 Å². The zero-order valence-corrected chi connectivity index (χ0v) is 11.2. The van der Waals surface area contributed by atoms with Gasteiger partial charge in [-0.1, -0.05) is 0 Å². The molecule has 0 amide bonds. The topological polar surface area (TPSA) is 81.5 Å². The van der Waals surface area contributed by atoms with Gasteiger partial charge in [0.1, 0.15) is 5.82 Å². The first-order valence-corrected chi connectivity index (χ1v) is 6.02. The monoisotopic (exact) mass is 254 g/mol. The van der Waals surface area contributed by atoms with Gasteiger partial charge >= 0.3 is 0 Å². The summed E-state index contributed by atoms with van der Waals surface area (Å²) in [7, 11) is 3.81. The molecule has 0 bridgehead atoms. The van der Waals surface area contributed by atoms with E-state index in [0.29, 0.717) is 25.3 Å². The van der Waals surface area contributed by atoms with Crippen LogP contribution in [0.3, 0.4) is 0 Å². The molecule has 3 N–H and O–H groups in total. The lowest BCUT2D eigenvalue weighted by Crippen LogP contribution is -2.34. The summed E-state index contributed by atoms with van der Waals surface area (Å²) in [6, 6.07) is 1.81. The summed E-state index contributed by atoms with van der Waals surface area (Å²) in [4.78, 5) is 10.3. The van der Waals surface area contributed by atoms with Gasteiger partial charge in [0.05, 0.1) is 5.60 Å². The first kappa shape index (κ1) is 14.7. The Labute approximate surface area is 108 Å². The van der Waals surface area contributed by atoms with E-state index in [1.165, 1.54) is 0 Å². The second-order valence-corrected chi connectivity index (χ2v) is 4.81. The van der Waals surface area contributed by atoms with Crippen LogP contribution in [-0.2, 0) is 0 Å². The fourth-order valence-corrected chi connectivity index (χ4v) is 1.50. The molecule has 6 heteroatoms. The first-order chi connectivity index (χ1) is 8.44. The standard InChI is InChI=1S/C12H22N4O2/c1-12(18,6-4-8-17)9-14-11-13-7-5-10(15-11)16(2)3/h5,7,17-18H,4,6,8-9H2,1-3H3,(H,13,14,15). The van der Waals surface area contributed by atoms with Crippen molar-refractivity contribution in [3.8, 4) is 0 Å². The van der Waals surface area contributed by atoms with E-state index in [1.807, 2.05) is 25.1 Å². The second-order valence-electron chi connectivity index (χ2n) is 4.81. The SMILES string of the molecule is CN(C)c1ccnc(NCC(C)(O)CCCO)n1. The second kappa shape index (κ2) is 6.51. The van der Waals surface area contributed by atoms with Crippen LogP contribution in [0.2, 0.25) is 0 Å². The van der Waals surface area contributed by atoms with Gasteiger partial charge in [0.15, 0.2) is 0 Å². The highest BCUT2D eigenvalue weighted by molar-refractivity contribution is 5.40. The van der Waals surface area contributed by atoms with E-state index in [-0.39, 0.29) is 6.61 Å². The number of aliphatic hydroxyl groups excluding tert-OH is 1. The van der Waals surface area contributed by atoms with Gasteiger partial charge in [0.25, 0.3) is 0 Å². The van der Waals surface area contributed by atoms with Crippen LogP contribution in [0.5, 0.6) is 0 Å². The minimum Gasteiger partial charge on any atom is -0.396 e. The van der Waals surface area contributed by atoms with Crippen LogP contribution in [0, 0.1) is 0 Å². The van der Waals surface area contributed by atoms with Gasteiger partial charge in [-0.2, -0.15) is 4.98 Å². The molecular weight excluding hydrogens is 232 g/mol. The van der Waals surface area contributed by atoms with Crippen molar-refractivity contribution in [2.45, 2.75) is 25.4 Å². The van der Waals surface area contributed by atoms with Gasteiger partial charge in [0, 0.05) is 33.4 Å². The van der Waals surface area contributed by atoms with Crippen molar-refractivity contribution in [3.63, 3.8) is 0 Å². The van der Waals surface area contributed by atoms with Crippen LogP contribution in [0.25, 0.3) is 0 Å². The minimum absolute atomic E-state index is 0.0861. The Morgan fingerprint density at radius 1 is 1.44 bits per heavy atom. The van der Waals surface area contributed by atoms with Crippen LogP contribution in [0.1, 0.15) is 19.8 Å². The maximum absolute atomic E-state index is 10.0. The summed E-state index contributed by atoms with van der Waals surface area (Å²) in [5, 5.41) is 21.8. The Kier molecular flexibility index (Phi) is 5.30. The molecule has 1 rings (SSSR count). The fourth-order valence-electron chi connectivity index (χ4n) is 1.50. The molecule has 1 aromatic heterocycles. The van der Waals surface area contributed by atoms with Gasteiger partial charge in [-0.05, 0) is 25.8 Å². The van der Waals surface area contributed by atoms with Gasteiger partial charge in [-0.3, -0.25) is 0 Å². The van der Waals surface area contributed by atoms with E-state index < -0.39 is 5.60 Å². The Morgan fingerprint density at radius 3 is 2.78 bits per heavy atom. The Bertz CT molecular complexity index is 369. The Balaban J connectivity index is 2.55. The largest absolute Gasteiger partial charge is 0.396 e. The van der Waals surface area contributed by atoms with E-state index in [4.69, 9.17) is 5.11 Å². The molecule has 6 nitrogen and oxygen atoms in total. The Hall–Kier alpha value is -1.40. The average Bonchev–Trinajstić information content (AvgIpc) is 2.34. The summed E-state index contributed by atoms with van der Waals surface area (Å²) in [5.41, 5.74) is -0.875. The summed E-state index contributed by atoms with van der Waals surface area (Å²) < 4.78 is 0. The molecule has 102 valence electrons. The molecule has 0 aliphatic rings. The molecule has 1 aromatic rings. The molecule has 0 aliphatic carbocycles. The fraction of sp³-hybridized carbons (Fsp3) is 0.667. The molecule has 0 spiro atoms. The highest BCUT2D eigenvalue weighted by atomic mass is 16.3. The van der Waals surface area contributed by atoms with Crippen molar-refractivity contribution in [2.24, 2.45) is 0 Å². The van der Waals surface area contributed by atoms with Crippen molar-refractivity contribution in [3.05, 3.63) is 12.3 Å². The molecule has 0 aliphatic heterocycles. The summed E-state index contributed by atoms with van der Waals surface area (Å²) in [5.74, 6) is 1.30. The number of aliphatic hydroxyl groups is 2. The molecule has 0 saturated heterocycles. The van der Waals surface area contributed by atoms with Gasteiger partial charge in [0.2, 0.25) is 5.95 Å². The number of nitrogens with zero attached hydrogens (tertiary/aromatic N) is 3. The maximum Gasteiger partial charge on any atom is 0.224 e. The average molecular weight is 254 g/mol. The first-order valence-electron chi connectivity index (χ1n) is 6.02.